The molecule has 1 aromatic heterocycles. The summed E-state index contributed by atoms with van der Waals surface area (Å²) in [5.74, 6) is -0.276. The smallest absolute Gasteiger partial charge is 0.258 e. The van der Waals surface area contributed by atoms with Crippen molar-refractivity contribution in [2.24, 2.45) is 0 Å². The lowest BCUT2D eigenvalue weighted by atomic mass is 10.2. The number of aryl methyl sites for hydroxylation is 1. The highest BCUT2D eigenvalue weighted by molar-refractivity contribution is 6.31. The van der Waals surface area contributed by atoms with Crippen LogP contribution in [-0.4, -0.2) is 10.5 Å². The second-order valence-electron chi connectivity index (χ2n) is 5.35. The van der Waals surface area contributed by atoms with E-state index in [1.807, 2.05) is 37.3 Å². The summed E-state index contributed by atoms with van der Waals surface area (Å²) in [4.78, 5) is 24.5. The number of nitrogens with zero attached hydrogens (tertiary/aromatic N) is 1. The molecule has 23 heavy (non-hydrogen) atoms. The first-order chi connectivity index (χ1) is 11.0. The molecule has 1 amide bonds. The predicted molar refractivity (Wildman–Crippen MR) is 93.0 cm³/mol. The lowest BCUT2D eigenvalue weighted by molar-refractivity contribution is -0.116. The van der Waals surface area contributed by atoms with Crippen LogP contribution in [0.3, 0.4) is 0 Å². The van der Waals surface area contributed by atoms with E-state index >= 15 is 0 Å². The number of anilines is 1. The van der Waals surface area contributed by atoms with E-state index in [1.54, 1.807) is 24.4 Å². The Morgan fingerprint density at radius 1 is 1.17 bits per heavy atom. The molecule has 0 saturated heterocycles. The lowest BCUT2D eigenvalue weighted by Crippen LogP contribution is -2.27. The number of hydrogen-bond donors (Lipinski definition) is 1. The summed E-state index contributed by atoms with van der Waals surface area (Å²) < 4.78 is 1.40. The Morgan fingerprint density at radius 2 is 1.96 bits per heavy atom. The minimum atomic E-state index is -0.276. The molecule has 0 unspecified atom stereocenters. The third-order valence-corrected chi connectivity index (χ3v) is 4.06. The van der Waals surface area contributed by atoms with Crippen molar-refractivity contribution in [3.8, 4) is 0 Å². The van der Waals surface area contributed by atoms with Crippen LogP contribution in [0, 0.1) is 6.92 Å². The molecule has 0 atom stereocenters. The molecule has 0 aliphatic heterocycles. The first-order valence-corrected chi connectivity index (χ1v) is 7.56. The molecule has 0 bridgehead atoms. The monoisotopic (exact) mass is 326 g/mol. The Morgan fingerprint density at radius 3 is 2.74 bits per heavy atom. The zero-order valence-corrected chi connectivity index (χ0v) is 13.3. The second kappa shape index (κ2) is 6.26. The predicted octanol–water partition coefficient (Wildman–Crippen LogP) is 3.60. The van der Waals surface area contributed by atoms with Gasteiger partial charge in [-0.05, 0) is 42.1 Å². The topological polar surface area (TPSA) is 51.1 Å². The molecule has 1 heterocycles. The van der Waals surface area contributed by atoms with Gasteiger partial charge in [0.05, 0.1) is 0 Å². The molecular weight excluding hydrogens is 312 g/mol. The number of rotatable bonds is 3. The summed E-state index contributed by atoms with van der Waals surface area (Å²) in [5.41, 5.74) is 1.37. The van der Waals surface area contributed by atoms with E-state index in [1.165, 1.54) is 4.57 Å². The maximum Gasteiger partial charge on any atom is 0.258 e. The number of halogens is 1. The molecule has 3 aromatic rings. The number of aromatic nitrogens is 1. The van der Waals surface area contributed by atoms with Gasteiger partial charge in [-0.1, -0.05) is 35.9 Å². The van der Waals surface area contributed by atoms with Crippen molar-refractivity contribution in [1.29, 1.82) is 0 Å². The average Bonchev–Trinajstić information content (AvgIpc) is 2.54. The van der Waals surface area contributed by atoms with Crippen molar-refractivity contribution in [2.75, 3.05) is 5.32 Å². The summed E-state index contributed by atoms with van der Waals surface area (Å²) in [6.45, 7) is 1.84. The van der Waals surface area contributed by atoms with Gasteiger partial charge >= 0.3 is 0 Å². The highest BCUT2D eigenvalue weighted by Crippen LogP contribution is 2.19. The molecule has 5 heteroatoms. The number of fused-ring (bicyclic) bond motifs is 1. The normalized spacial score (nSPS) is 10.7. The molecule has 0 spiro atoms. The number of amides is 1. The molecule has 1 N–H and O–H groups in total. The van der Waals surface area contributed by atoms with Crippen molar-refractivity contribution in [2.45, 2.75) is 13.5 Å². The molecule has 2 aromatic carbocycles. The third-order valence-electron chi connectivity index (χ3n) is 3.66. The van der Waals surface area contributed by atoms with Crippen LogP contribution in [0.25, 0.3) is 10.8 Å². The molecule has 0 radical (unpaired) electrons. The Balaban J connectivity index is 1.81. The molecule has 116 valence electrons. The van der Waals surface area contributed by atoms with Gasteiger partial charge in [-0.15, -0.1) is 0 Å². The first-order valence-electron chi connectivity index (χ1n) is 7.19. The van der Waals surface area contributed by atoms with E-state index in [0.717, 1.165) is 10.9 Å². The Bertz CT molecular complexity index is 947. The van der Waals surface area contributed by atoms with Gasteiger partial charge in [-0.2, -0.15) is 0 Å². The molecule has 0 aliphatic carbocycles. The van der Waals surface area contributed by atoms with E-state index in [9.17, 15) is 9.59 Å². The second-order valence-corrected chi connectivity index (χ2v) is 5.76. The number of carbonyl (C=O) groups excluding carboxylic acids is 1. The summed E-state index contributed by atoms with van der Waals surface area (Å²) in [7, 11) is 0. The minimum absolute atomic E-state index is 0.0465. The standard InChI is InChI=1S/C18H15ClN2O2/c1-12-6-7-14(10-16(12)19)20-17(22)11-21-9-8-13-4-2-3-5-15(13)18(21)23/h2-10H,11H2,1H3,(H,20,22). The van der Waals surface area contributed by atoms with Gasteiger partial charge in [0.15, 0.2) is 0 Å². The van der Waals surface area contributed by atoms with Gasteiger partial charge in [-0.3, -0.25) is 9.59 Å². The molecule has 4 nitrogen and oxygen atoms in total. The van der Waals surface area contributed by atoms with E-state index in [4.69, 9.17) is 11.6 Å². The number of benzene rings is 2. The van der Waals surface area contributed by atoms with Crippen LogP contribution in [0.15, 0.2) is 59.5 Å². The van der Waals surface area contributed by atoms with E-state index in [0.29, 0.717) is 16.1 Å². The zero-order chi connectivity index (χ0) is 16.4. The highest BCUT2D eigenvalue weighted by atomic mass is 35.5. The number of hydrogen-bond acceptors (Lipinski definition) is 2. The van der Waals surface area contributed by atoms with Crippen LogP contribution in [0.5, 0.6) is 0 Å². The van der Waals surface area contributed by atoms with Crippen molar-refractivity contribution < 1.29 is 4.79 Å². The van der Waals surface area contributed by atoms with Gasteiger partial charge in [0.2, 0.25) is 5.91 Å². The number of pyridine rings is 1. The zero-order valence-electron chi connectivity index (χ0n) is 12.5. The number of nitrogens with one attached hydrogen (secondary N) is 1. The van der Waals surface area contributed by atoms with Crippen molar-refractivity contribution in [1.82, 2.24) is 4.57 Å². The molecule has 0 fully saturated rings. The van der Waals surface area contributed by atoms with Gasteiger partial charge in [-0.25, -0.2) is 0 Å². The maximum absolute atomic E-state index is 12.4. The van der Waals surface area contributed by atoms with Crippen LogP contribution in [0.4, 0.5) is 5.69 Å². The van der Waals surface area contributed by atoms with E-state index < -0.39 is 0 Å². The third kappa shape index (κ3) is 3.27. The quantitative estimate of drug-likeness (QED) is 0.799. The average molecular weight is 327 g/mol. The summed E-state index contributed by atoms with van der Waals surface area (Å²) >= 11 is 6.04. The van der Waals surface area contributed by atoms with Gasteiger partial charge < -0.3 is 9.88 Å². The van der Waals surface area contributed by atoms with Crippen molar-refractivity contribution >= 4 is 34.0 Å². The van der Waals surface area contributed by atoms with Crippen LogP contribution in [0.2, 0.25) is 5.02 Å². The van der Waals surface area contributed by atoms with Crippen LogP contribution < -0.4 is 10.9 Å². The largest absolute Gasteiger partial charge is 0.324 e. The van der Waals surface area contributed by atoms with Crippen LogP contribution >= 0.6 is 11.6 Å². The van der Waals surface area contributed by atoms with Crippen molar-refractivity contribution in [3.63, 3.8) is 0 Å². The Hall–Kier alpha value is -2.59. The fourth-order valence-electron chi connectivity index (χ4n) is 2.38. The maximum atomic E-state index is 12.4. The van der Waals surface area contributed by atoms with Crippen LogP contribution in [0.1, 0.15) is 5.56 Å². The SMILES string of the molecule is Cc1ccc(NC(=O)Cn2ccc3ccccc3c2=O)cc1Cl. The van der Waals surface area contributed by atoms with Gasteiger partial charge in [0, 0.05) is 22.3 Å². The highest BCUT2D eigenvalue weighted by Gasteiger charge is 2.08. The van der Waals surface area contributed by atoms with Gasteiger partial charge in [0.1, 0.15) is 6.54 Å². The summed E-state index contributed by atoms with van der Waals surface area (Å²) in [6.07, 6.45) is 1.63. The van der Waals surface area contributed by atoms with Gasteiger partial charge in [0.25, 0.3) is 5.56 Å². The fourth-order valence-corrected chi connectivity index (χ4v) is 2.56. The molecule has 0 saturated carbocycles. The minimum Gasteiger partial charge on any atom is -0.324 e. The summed E-state index contributed by atoms with van der Waals surface area (Å²) in [5, 5.41) is 4.80. The molecular formula is C18H15ClN2O2. The van der Waals surface area contributed by atoms with E-state index in [2.05, 4.69) is 5.32 Å². The number of carbonyl (C=O) groups is 1. The fraction of sp³-hybridized carbons (Fsp3) is 0.111. The van der Waals surface area contributed by atoms with Crippen LogP contribution in [-0.2, 0) is 11.3 Å². The first kappa shape index (κ1) is 15.3. The lowest BCUT2D eigenvalue weighted by Gasteiger charge is -2.09. The Labute approximate surface area is 138 Å². The molecule has 0 aliphatic rings. The summed E-state index contributed by atoms with van der Waals surface area (Å²) in [6, 6.07) is 14.4. The molecule has 3 rings (SSSR count). The van der Waals surface area contributed by atoms with E-state index in [-0.39, 0.29) is 18.0 Å². The Kier molecular flexibility index (Phi) is 4.17. The van der Waals surface area contributed by atoms with Crippen molar-refractivity contribution in [3.05, 3.63) is 75.7 Å².